The average Bonchev–Trinajstić information content (AvgIpc) is 2.72. The molecular weight excluding hydrogens is 216 g/mol. The molecule has 1 N–H and O–H groups in total. The standard InChI is InChI=1S/C13H20N2S/c1-15-8-4-6-12(15)10-14-11-5-3-7-13(9-11)16-2/h3,5,7,9,12,14H,4,6,8,10H2,1-2H3. The summed E-state index contributed by atoms with van der Waals surface area (Å²) in [5, 5.41) is 3.54. The zero-order valence-electron chi connectivity index (χ0n) is 10.1. The molecule has 0 aliphatic carbocycles. The number of likely N-dealkylation sites (tertiary alicyclic amines) is 1. The van der Waals surface area contributed by atoms with Crippen molar-refractivity contribution in [3.63, 3.8) is 0 Å². The van der Waals surface area contributed by atoms with Crippen molar-refractivity contribution >= 4 is 17.4 Å². The van der Waals surface area contributed by atoms with Crippen molar-refractivity contribution in [3.05, 3.63) is 24.3 Å². The van der Waals surface area contributed by atoms with Crippen molar-refractivity contribution < 1.29 is 0 Å². The maximum atomic E-state index is 3.54. The van der Waals surface area contributed by atoms with Gasteiger partial charge in [0, 0.05) is 23.2 Å². The highest BCUT2D eigenvalue weighted by Gasteiger charge is 2.19. The third kappa shape index (κ3) is 2.92. The molecule has 0 radical (unpaired) electrons. The molecular formula is C13H20N2S. The summed E-state index contributed by atoms with van der Waals surface area (Å²) in [5.41, 5.74) is 1.24. The first-order valence-corrected chi connectivity index (χ1v) is 7.10. The summed E-state index contributed by atoms with van der Waals surface area (Å²) < 4.78 is 0. The van der Waals surface area contributed by atoms with Gasteiger partial charge in [-0.15, -0.1) is 11.8 Å². The van der Waals surface area contributed by atoms with Gasteiger partial charge < -0.3 is 10.2 Å². The van der Waals surface area contributed by atoms with Crippen molar-refractivity contribution in [1.82, 2.24) is 4.90 Å². The minimum absolute atomic E-state index is 0.706. The van der Waals surface area contributed by atoms with E-state index in [1.165, 1.54) is 30.0 Å². The molecule has 1 fully saturated rings. The number of thioether (sulfide) groups is 1. The largest absolute Gasteiger partial charge is 0.383 e. The van der Waals surface area contributed by atoms with Crippen molar-refractivity contribution in [2.75, 3.05) is 31.7 Å². The molecule has 1 saturated heterocycles. The average molecular weight is 236 g/mol. The van der Waals surface area contributed by atoms with Crippen LogP contribution in [-0.4, -0.2) is 37.3 Å². The number of benzene rings is 1. The maximum absolute atomic E-state index is 3.54. The predicted octanol–water partition coefficient (Wildman–Crippen LogP) is 2.91. The highest BCUT2D eigenvalue weighted by molar-refractivity contribution is 7.98. The molecule has 1 heterocycles. The van der Waals surface area contributed by atoms with Gasteiger partial charge in [0.15, 0.2) is 0 Å². The van der Waals surface area contributed by atoms with Gasteiger partial charge in [0.05, 0.1) is 0 Å². The number of likely N-dealkylation sites (N-methyl/N-ethyl adjacent to an activating group) is 1. The van der Waals surface area contributed by atoms with Gasteiger partial charge in [-0.3, -0.25) is 0 Å². The fraction of sp³-hybridized carbons (Fsp3) is 0.538. The summed E-state index contributed by atoms with van der Waals surface area (Å²) in [6.07, 6.45) is 4.78. The van der Waals surface area contributed by atoms with Crippen LogP contribution in [0.4, 0.5) is 5.69 Å². The number of hydrogen-bond donors (Lipinski definition) is 1. The topological polar surface area (TPSA) is 15.3 Å². The van der Waals surface area contributed by atoms with Gasteiger partial charge in [0.2, 0.25) is 0 Å². The van der Waals surface area contributed by atoms with E-state index in [4.69, 9.17) is 0 Å². The van der Waals surface area contributed by atoms with Gasteiger partial charge in [0.25, 0.3) is 0 Å². The Balaban J connectivity index is 1.88. The molecule has 2 rings (SSSR count). The third-order valence-corrected chi connectivity index (χ3v) is 4.01. The molecule has 0 bridgehead atoms. The van der Waals surface area contributed by atoms with Crippen molar-refractivity contribution in [2.24, 2.45) is 0 Å². The number of nitrogens with zero attached hydrogens (tertiary/aromatic N) is 1. The first-order chi connectivity index (χ1) is 7.79. The first-order valence-electron chi connectivity index (χ1n) is 5.88. The molecule has 3 heteroatoms. The van der Waals surface area contributed by atoms with Crippen LogP contribution in [0.3, 0.4) is 0 Å². The lowest BCUT2D eigenvalue weighted by Crippen LogP contribution is -2.31. The van der Waals surface area contributed by atoms with Crippen LogP contribution in [0.5, 0.6) is 0 Å². The lowest BCUT2D eigenvalue weighted by atomic mass is 10.2. The van der Waals surface area contributed by atoms with E-state index >= 15 is 0 Å². The molecule has 1 aromatic rings. The second-order valence-electron chi connectivity index (χ2n) is 4.39. The number of nitrogens with one attached hydrogen (secondary N) is 1. The SMILES string of the molecule is CSc1cccc(NCC2CCCN2C)c1. The van der Waals surface area contributed by atoms with E-state index in [2.05, 4.69) is 47.8 Å². The molecule has 16 heavy (non-hydrogen) atoms. The lowest BCUT2D eigenvalue weighted by Gasteiger charge is -2.20. The van der Waals surface area contributed by atoms with Gasteiger partial charge in [-0.25, -0.2) is 0 Å². The van der Waals surface area contributed by atoms with E-state index in [1.54, 1.807) is 11.8 Å². The zero-order valence-corrected chi connectivity index (χ0v) is 10.9. The van der Waals surface area contributed by atoms with Crippen molar-refractivity contribution in [3.8, 4) is 0 Å². The summed E-state index contributed by atoms with van der Waals surface area (Å²) >= 11 is 1.79. The second kappa shape index (κ2) is 5.60. The number of hydrogen-bond acceptors (Lipinski definition) is 3. The first kappa shape index (κ1) is 11.8. The van der Waals surface area contributed by atoms with Crippen LogP contribution in [0, 0.1) is 0 Å². The van der Waals surface area contributed by atoms with E-state index < -0.39 is 0 Å². The Morgan fingerprint density at radius 3 is 3.06 bits per heavy atom. The third-order valence-electron chi connectivity index (χ3n) is 3.28. The van der Waals surface area contributed by atoms with Gasteiger partial charge in [0.1, 0.15) is 0 Å². The summed E-state index contributed by atoms with van der Waals surface area (Å²) in [7, 11) is 2.22. The van der Waals surface area contributed by atoms with E-state index in [0.717, 1.165) is 6.54 Å². The van der Waals surface area contributed by atoms with Crippen LogP contribution < -0.4 is 5.32 Å². The second-order valence-corrected chi connectivity index (χ2v) is 5.27. The minimum Gasteiger partial charge on any atom is -0.383 e. The summed E-state index contributed by atoms with van der Waals surface area (Å²) in [6.45, 7) is 2.31. The van der Waals surface area contributed by atoms with Gasteiger partial charge in [-0.1, -0.05) is 6.07 Å². The molecule has 1 atom stereocenters. The Morgan fingerprint density at radius 1 is 1.50 bits per heavy atom. The molecule has 0 spiro atoms. The van der Waals surface area contributed by atoms with Crippen LogP contribution >= 0.6 is 11.8 Å². The Hall–Kier alpha value is -0.670. The van der Waals surface area contributed by atoms with Gasteiger partial charge in [-0.05, 0) is 50.9 Å². The molecule has 1 unspecified atom stereocenters. The summed E-state index contributed by atoms with van der Waals surface area (Å²) in [4.78, 5) is 3.77. The molecule has 1 aromatic carbocycles. The van der Waals surface area contributed by atoms with E-state index in [0.29, 0.717) is 6.04 Å². The van der Waals surface area contributed by atoms with Crippen LogP contribution in [0.2, 0.25) is 0 Å². The van der Waals surface area contributed by atoms with E-state index in [9.17, 15) is 0 Å². The van der Waals surface area contributed by atoms with Gasteiger partial charge in [-0.2, -0.15) is 0 Å². The summed E-state index contributed by atoms with van der Waals surface area (Å²) in [6, 6.07) is 9.34. The van der Waals surface area contributed by atoms with E-state index in [-0.39, 0.29) is 0 Å². The van der Waals surface area contributed by atoms with Crippen molar-refractivity contribution in [2.45, 2.75) is 23.8 Å². The molecule has 0 amide bonds. The Kier molecular flexibility index (Phi) is 4.13. The molecule has 1 aliphatic heterocycles. The monoisotopic (exact) mass is 236 g/mol. The van der Waals surface area contributed by atoms with Crippen LogP contribution in [-0.2, 0) is 0 Å². The normalized spacial score (nSPS) is 21.2. The quantitative estimate of drug-likeness (QED) is 0.809. The zero-order chi connectivity index (χ0) is 11.4. The van der Waals surface area contributed by atoms with Gasteiger partial charge >= 0.3 is 0 Å². The Bertz CT molecular complexity index is 340. The van der Waals surface area contributed by atoms with Crippen LogP contribution in [0.1, 0.15) is 12.8 Å². The Labute approximate surface area is 102 Å². The smallest absolute Gasteiger partial charge is 0.0351 e. The van der Waals surface area contributed by atoms with Crippen LogP contribution in [0.25, 0.3) is 0 Å². The molecule has 88 valence electrons. The fourth-order valence-corrected chi connectivity index (χ4v) is 2.67. The molecule has 0 saturated carbocycles. The maximum Gasteiger partial charge on any atom is 0.0351 e. The lowest BCUT2D eigenvalue weighted by molar-refractivity contribution is 0.322. The highest BCUT2D eigenvalue weighted by atomic mass is 32.2. The highest BCUT2D eigenvalue weighted by Crippen LogP contribution is 2.20. The van der Waals surface area contributed by atoms with E-state index in [1.807, 2.05) is 0 Å². The molecule has 2 nitrogen and oxygen atoms in total. The fourth-order valence-electron chi connectivity index (χ4n) is 2.21. The number of rotatable bonds is 4. The van der Waals surface area contributed by atoms with Crippen molar-refractivity contribution in [1.29, 1.82) is 0 Å². The van der Waals surface area contributed by atoms with Crippen LogP contribution in [0.15, 0.2) is 29.2 Å². The molecule has 1 aliphatic rings. The Morgan fingerprint density at radius 2 is 2.38 bits per heavy atom. The molecule has 0 aromatic heterocycles. The minimum atomic E-state index is 0.706. The number of anilines is 1. The summed E-state index contributed by atoms with van der Waals surface area (Å²) in [5.74, 6) is 0. The predicted molar refractivity (Wildman–Crippen MR) is 72.4 cm³/mol.